The minimum Gasteiger partial charge on any atom is -0.396 e. The number of rotatable bonds is 7. The second-order valence-corrected chi connectivity index (χ2v) is 8.03. The van der Waals surface area contributed by atoms with Crippen LogP contribution in [0, 0.1) is 0 Å². The van der Waals surface area contributed by atoms with Gasteiger partial charge in [-0.15, -0.1) is 0 Å². The summed E-state index contributed by atoms with van der Waals surface area (Å²) in [7, 11) is 1.72. The average Bonchev–Trinajstić information content (AvgIpc) is 3.24. The van der Waals surface area contributed by atoms with Crippen LogP contribution in [-0.4, -0.2) is 81.6 Å². The third-order valence-electron chi connectivity index (χ3n) is 6.23. The molecule has 0 aromatic heterocycles. The highest BCUT2D eigenvalue weighted by molar-refractivity contribution is 6.05. The fraction of sp³-hybridized carbons (Fsp3) is 0.500. The third-order valence-corrected chi connectivity index (χ3v) is 6.23. The molecule has 3 amide bonds. The lowest BCUT2D eigenvalue weighted by Crippen LogP contribution is -2.64. The van der Waals surface area contributed by atoms with Gasteiger partial charge in [-0.1, -0.05) is 30.3 Å². The quantitative estimate of drug-likeness (QED) is 0.741. The van der Waals surface area contributed by atoms with Gasteiger partial charge in [-0.3, -0.25) is 14.6 Å². The van der Waals surface area contributed by atoms with Crippen molar-refractivity contribution >= 4 is 17.9 Å². The molecule has 160 valence electrons. The summed E-state index contributed by atoms with van der Waals surface area (Å²) in [6, 6.07) is 9.26. The standard InChI is InChI=1S/C22H29N5O3/c1-15-16(2)27-18-19(23-21(27)25(15)13-8-14-28)24(3)22(30)26(20(18)29)12-7-11-17-9-5-4-6-10-17/h4-6,9-10,18-19,28H,7-8,11-14H2,1-3H3. The molecule has 2 atom stereocenters. The number of amides is 3. The fourth-order valence-corrected chi connectivity index (χ4v) is 4.47. The SMILES string of the molecule is CC1=C(C)N2C(=NC3C2C(=O)N(CCCc2ccccc2)C(=O)N3C)N1CCCO. The number of hydrogen-bond acceptors (Lipinski definition) is 6. The predicted molar refractivity (Wildman–Crippen MR) is 113 cm³/mol. The number of carbonyl (C=O) groups excluding carboxylic acids is 2. The van der Waals surface area contributed by atoms with E-state index in [1.165, 1.54) is 10.5 Å². The number of urea groups is 1. The van der Waals surface area contributed by atoms with E-state index in [2.05, 4.69) is 12.1 Å². The van der Waals surface area contributed by atoms with Crippen LogP contribution in [0.25, 0.3) is 0 Å². The Balaban J connectivity index is 1.52. The van der Waals surface area contributed by atoms with Crippen molar-refractivity contribution in [1.29, 1.82) is 0 Å². The molecular weight excluding hydrogens is 382 g/mol. The molecule has 2 unspecified atom stereocenters. The third kappa shape index (κ3) is 3.25. The van der Waals surface area contributed by atoms with E-state index in [0.717, 1.165) is 24.2 Å². The molecule has 1 aromatic rings. The Labute approximate surface area is 177 Å². The number of hydrogen-bond donors (Lipinski definition) is 1. The lowest BCUT2D eigenvalue weighted by atomic mass is 10.1. The van der Waals surface area contributed by atoms with Crippen LogP contribution in [0.5, 0.6) is 0 Å². The van der Waals surface area contributed by atoms with Gasteiger partial charge in [0.15, 0.2) is 12.2 Å². The molecule has 8 heteroatoms. The van der Waals surface area contributed by atoms with Crippen LogP contribution in [0.4, 0.5) is 4.79 Å². The van der Waals surface area contributed by atoms with Crippen LogP contribution in [0.15, 0.2) is 46.7 Å². The van der Waals surface area contributed by atoms with Gasteiger partial charge >= 0.3 is 6.03 Å². The Bertz CT molecular complexity index is 897. The highest BCUT2D eigenvalue weighted by Gasteiger charge is 2.55. The zero-order chi connectivity index (χ0) is 21.4. The van der Waals surface area contributed by atoms with Crippen molar-refractivity contribution in [3.63, 3.8) is 0 Å². The van der Waals surface area contributed by atoms with E-state index in [4.69, 9.17) is 4.99 Å². The fourth-order valence-electron chi connectivity index (χ4n) is 4.47. The maximum Gasteiger partial charge on any atom is 0.328 e. The second-order valence-electron chi connectivity index (χ2n) is 8.03. The molecule has 8 nitrogen and oxygen atoms in total. The van der Waals surface area contributed by atoms with Crippen LogP contribution in [0.2, 0.25) is 0 Å². The molecule has 30 heavy (non-hydrogen) atoms. The molecule has 0 bridgehead atoms. The molecular formula is C22H29N5O3. The van der Waals surface area contributed by atoms with Crippen molar-refractivity contribution in [3.8, 4) is 0 Å². The van der Waals surface area contributed by atoms with Crippen molar-refractivity contribution in [2.75, 3.05) is 26.7 Å². The number of imide groups is 1. The first kappa shape index (κ1) is 20.4. The molecule has 1 saturated heterocycles. The lowest BCUT2D eigenvalue weighted by Gasteiger charge is -2.40. The van der Waals surface area contributed by atoms with Gasteiger partial charge < -0.3 is 14.9 Å². The van der Waals surface area contributed by atoms with Crippen molar-refractivity contribution in [3.05, 3.63) is 47.3 Å². The number of aliphatic imine (C=N–C) groups is 1. The molecule has 4 rings (SSSR count). The molecule has 1 fully saturated rings. The molecule has 3 aliphatic heterocycles. The van der Waals surface area contributed by atoms with Crippen LogP contribution < -0.4 is 0 Å². The Hall–Kier alpha value is -2.87. The maximum atomic E-state index is 13.4. The number of likely N-dealkylation sites (N-methyl/N-ethyl adjacent to an activating group) is 1. The lowest BCUT2D eigenvalue weighted by molar-refractivity contribution is -0.136. The van der Waals surface area contributed by atoms with Gasteiger partial charge in [0.25, 0.3) is 5.91 Å². The molecule has 3 aliphatic rings. The second kappa shape index (κ2) is 8.10. The van der Waals surface area contributed by atoms with Gasteiger partial charge in [-0.2, -0.15) is 0 Å². The van der Waals surface area contributed by atoms with Crippen LogP contribution in [0.1, 0.15) is 32.3 Å². The minimum atomic E-state index is -0.534. The Morgan fingerprint density at radius 2 is 1.70 bits per heavy atom. The van der Waals surface area contributed by atoms with E-state index in [1.54, 1.807) is 11.9 Å². The van der Waals surface area contributed by atoms with Crippen LogP contribution in [0.3, 0.4) is 0 Å². The molecule has 0 saturated carbocycles. The predicted octanol–water partition coefficient (Wildman–Crippen LogP) is 1.83. The van der Waals surface area contributed by atoms with E-state index in [9.17, 15) is 14.7 Å². The number of aliphatic hydroxyl groups excluding tert-OH is 1. The number of carbonyl (C=O) groups is 2. The summed E-state index contributed by atoms with van der Waals surface area (Å²) in [5.41, 5.74) is 3.20. The van der Waals surface area contributed by atoms with Gasteiger partial charge in [0.1, 0.15) is 0 Å². The monoisotopic (exact) mass is 411 g/mol. The molecule has 3 heterocycles. The Kier molecular flexibility index (Phi) is 5.51. The van der Waals surface area contributed by atoms with Crippen molar-refractivity contribution in [2.45, 2.75) is 45.3 Å². The van der Waals surface area contributed by atoms with Gasteiger partial charge in [0, 0.05) is 38.1 Å². The summed E-state index contributed by atoms with van der Waals surface area (Å²) >= 11 is 0. The Morgan fingerprint density at radius 3 is 2.40 bits per heavy atom. The van der Waals surface area contributed by atoms with Crippen molar-refractivity contribution in [1.82, 2.24) is 19.6 Å². The first-order valence-electron chi connectivity index (χ1n) is 10.5. The number of aliphatic hydroxyl groups is 1. The van der Waals surface area contributed by atoms with E-state index in [0.29, 0.717) is 25.5 Å². The van der Waals surface area contributed by atoms with Crippen molar-refractivity contribution in [2.24, 2.45) is 4.99 Å². The zero-order valence-electron chi connectivity index (χ0n) is 17.8. The largest absolute Gasteiger partial charge is 0.396 e. The van der Waals surface area contributed by atoms with Gasteiger partial charge in [-0.25, -0.2) is 9.79 Å². The normalized spacial score (nSPS) is 23.4. The summed E-state index contributed by atoms with van der Waals surface area (Å²) in [5, 5.41) is 9.23. The summed E-state index contributed by atoms with van der Waals surface area (Å²) in [6.45, 7) is 5.09. The number of fused-ring (bicyclic) bond motifs is 3. The number of allylic oxidation sites excluding steroid dienone is 2. The smallest absolute Gasteiger partial charge is 0.328 e. The molecule has 0 radical (unpaired) electrons. The van der Waals surface area contributed by atoms with Crippen LogP contribution in [-0.2, 0) is 11.2 Å². The van der Waals surface area contributed by atoms with Gasteiger partial charge in [-0.05, 0) is 38.7 Å². The van der Waals surface area contributed by atoms with Crippen LogP contribution >= 0.6 is 0 Å². The number of nitrogens with zero attached hydrogens (tertiary/aromatic N) is 5. The van der Waals surface area contributed by atoms with Gasteiger partial charge in [0.05, 0.1) is 0 Å². The van der Waals surface area contributed by atoms with E-state index < -0.39 is 12.2 Å². The summed E-state index contributed by atoms with van der Waals surface area (Å²) in [4.78, 5) is 38.0. The molecule has 0 aliphatic carbocycles. The highest BCUT2D eigenvalue weighted by Crippen LogP contribution is 2.37. The van der Waals surface area contributed by atoms with E-state index >= 15 is 0 Å². The van der Waals surface area contributed by atoms with E-state index in [-0.39, 0.29) is 18.5 Å². The zero-order valence-corrected chi connectivity index (χ0v) is 17.8. The molecule has 0 spiro atoms. The summed E-state index contributed by atoms with van der Waals surface area (Å²) in [6.07, 6.45) is 1.62. The number of aryl methyl sites for hydroxylation is 1. The number of guanidine groups is 1. The van der Waals surface area contributed by atoms with Gasteiger partial charge in [0.2, 0.25) is 5.96 Å². The first-order chi connectivity index (χ1) is 14.5. The summed E-state index contributed by atoms with van der Waals surface area (Å²) < 4.78 is 0. The molecule has 1 N–H and O–H groups in total. The first-order valence-corrected chi connectivity index (χ1v) is 10.5. The van der Waals surface area contributed by atoms with E-state index in [1.807, 2.05) is 41.8 Å². The topological polar surface area (TPSA) is 79.7 Å². The molecule has 1 aromatic carbocycles. The Morgan fingerprint density at radius 1 is 1.00 bits per heavy atom. The number of benzene rings is 1. The minimum absolute atomic E-state index is 0.0927. The highest BCUT2D eigenvalue weighted by atomic mass is 16.3. The summed E-state index contributed by atoms with van der Waals surface area (Å²) in [5.74, 6) is 0.513. The average molecular weight is 412 g/mol. The maximum absolute atomic E-state index is 13.4. The van der Waals surface area contributed by atoms with Crippen molar-refractivity contribution < 1.29 is 14.7 Å².